The Bertz CT molecular complexity index is 483. The number of hydrogen-bond acceptors (Lipinski definition) is 4. The highest BCUT2D eigenvalue weighted by Crippen LogP contribution is 2.29. The molecule has 0 unspecified atom stereocenters. The van der Waals surface area contributed by atoms with E-state index in [1.165, 1.54) is 25.3 Å². The molecular weight excluding hydrogens is 237 g/mol. The topological polar surface area (TPSA) is 55.4 Å². The molecule has 0 aromatic heterocycles. The second kappa shape index (κ2) is 5.16. The molecular formula is C13H14FNO3. The molecule has 0 bridgehead atoms. The second-order valence-electron chi connectivity index (χ2n) is 4.28. The average Bonchev–Trinajstić information content (AvgIpc) is 3.20. The molecule has 0 saturated heterocycles. The largest absolute Gasteiger partial charge is 0.465 e. The number of nitrogens with one attached hydrogen (secondary N) is 1. The van der Waals surface area contributed by atoms with Gasteiger partial charge < -0.3 is 10.1 Å². The summed E-state index contributed by atoms with van der Waals surface area (Å²) in [6.07, 6.45) is 1.91. The van der Waals surface area contributed by atoms with Gasteiger partial charge in [-0.05, 0) is 31.0 Å². The van der Waals surface area contributed by atoms with Gasteiger partial charge in [0, 0.05) is 11.6 Å². The summed E-state index contributed by atoms with van der Waals surface area (Å²) < 4.78 is 17.8. The van der Waals surface area contributed by atoms with Crippen molar-refractivity contribution in [2.75, 3.05) is 19.0 Å². The molecule has 1 fully saturated rings. The number of methoxy groups -OCH3 is 1. The van der Waals surface area contributed by atoms with E-state index in [1.54, 1.807) is 0 Å². The third kappa shape index (κ3) is 2.85. The highest BCUT2D eigenvalue weighted by atomic mass is 19.1. The van der Waals surface area contributed by atoms with Crippen LogP contribution >= 0.6 is 0 Å². The first-order valence-corrected chi connectivity index (χ1v) is 5.76. The van der Waals surface area contributed by atoms with Crippen LogP contribution in [0.25, 0.3) is 0 Å². The van der Waals surface area contributed by atoms with Gasteiger partial charge >= 0.3 is 5.97 Å². The number of anilines is 1. The summed E-state index contributed by atoms with van der Waals surface area (Å²) in [6, 6.07) is 4.01. The number of rotatable bonds is 5. The number of esters is 1. The number of hydrogen-bond donors (Lipinski definition) is 1. The first-order chi connectivity index (χ1) is 8.61. The van der Waals surface area contributed by atoms with Crippen LogP contribution < -0.4 is 5.32 Å². The van der Waals surface area contributed by atoms with Crippen LogP contribution in [-0.2, 0) is 9.53 Å². The lowest BCUT2D eigenvalue weighted by molar-refractivity contribution is -0.118. The molecule has 0 aliphatic heterocycles. The lowest BCUT2D eigenvalue weighted by Gasteiger charge is -2.07. The molecule has 0 amide bonds. The maximum atomic E-state index is 13.3. The van der Waals surface area contributed by atoms with Crippen molar-refractivity contribution in [2.45, 2.75) is 12.8 Å². The van der Waals surface area contributed by atoms with Crippen LogP contribution in [0.4, 0.5) is 10.1 Å². The summed E-state index contributed by atoms with van der Waals surface area (Å²) in [5.74, 6) is -1.04. The minimum atomic E-state index is -0.732. The molecule has 1 aliphatic carbocycles. The van der Waals surface area contributed by atoms with Gasteiger partial charge in [-0.2, -0.15) is 0 Å². The zero-order valence-corrected chi connectivity index (χ0v) is 10.0. The van der Waals surface area contributed by atoms with Gasteiger partial charge in [0.1, 0.15) is 5.82 Å². The molecule has 4 nitrogen and oxygen atoms in total. The predicted molar refractivity (Wildman–Crippen MR) is 64.0 cm³/mol. The fraction of sp³-hybridized carbons (Fsp3) is 0.385. The van der Waals surface area contributed by atoms with E-state index < -0.39 is 11.8 Å². The van der Waals surface area contributed by atoms with Crippen molar-refractivity contribution in [3.05, 3.63) is 29.6 Å². The Morgan fingerprint density at radius 1 is 1.44 bits per heavy atom. The van der Waals surface area contributed by atoms with Gasteiger partial charge in [-0.1, -0.05) is 0 Å². The zero-order valence-electron chi connectivity index (χ0n) is 10.0. The molecule has 2 rings (SSSR count). The van der Waals surface area contributed by atoms with Gasteiger partial charge in [0.2, 0.25) is 0 Å². The van der Waals surface area contributed by atoms with Gasteiger partial charge in [0.05, 0.1) is 19.2 Å². The van der Waals surface area contributed by atoms with Gasteiger partial charge in [-0.25, -0.2) is 9.18 Å². The van der Waals surface area contributed by atoms with Gasteiger partial charge in [0.25, 0.3) is 0 Å². The number of ketones is 1. The number of carbonyl (C=O) groups is 2. The summed E-state index contributed by atoms with van der Waals surface area (Å²) in [7, 11) is 1.19. The lowest BCUT2D eigenvalue weighted by Crippen LogP contribution is -2.15. The summed E-state index contributed by atoms with van der Waals surface area (Å²) in [5.41, 5.74) is 0.396. The van der Waals surface area contributed by atoms with Crippen molar-refractivity contribution >= 4 is 17.4 Å². The highest BCUT2D eigenvalue weighted by Gasteiger charge is 2.28. The van der Waals surface area contributed by atoms with E-state index in [2.05, 4.69) is 10.1 Å². The average molecular weight is 251 g/mol. The smallest absolute Gasteiger partial charge is 0.340 e. The van der Waals surface area contributed by atoms with Crippen LogP contribution in [0.1, 0.15) is 23.2 Å². The molecule has 1 aromatic carbocycles. The Morgan fingerprint density at radius 3 is 2.78 bits per heavy atom. The third-order valence-electron chi connectivity index (χ3n) is 2.87. The van der Waals surface area contributed by atoms with E-state index in [0.29, 0.717) is 5.69 Å². The molecule has 0 atom stereocenters. The van der Waals surface area contributed by atoms with E-state index >= 15 is 0 Å². The minimum Gasteiger partial charge on any atom is -0.465 e. The van der Waals surface area contributed by atoms with Crippen LogP contribution in [0, 0.1) is 11.7 Å². The van der Waals surface area contributed by atoms with E-state index in [9.17, 15) is 14.0 Å². The summed E-state index contributed by atoms with van der Waals surface area (Å²) >= 11 is 0. The first kappa shape index (κ1) is 12.5. The van der Waals surface area contributed by atoms with E-state index in [1.807, 2.05) is 0 Å². The Kier molecular flexibility index (Phi) is 3.60. The fourth-order valence-corrected chi connectivity index (χ4v) is 1.64. The standard InChI is InChI=1S/C13H14FNO3/c1-18-13(17)10-6-9(4-5-11(10)14)15-7-12(16)8-2-3-8/h4-6,8,15H,2-3,7H2,1H3. The maximum Gasteiger partial charge on any atom is 0.340 e. The first-order valence-electron chi connectivity index (χ1n) is 5.76. The maximum absolute atomic E-state index is 13.3. The molecule has 96 valence electrons. The number of Topliss-reactive ketones (excluding diaryl/α,β-unsaturated/α-hetero) is 1. The SMILES string of the molecule is COC(=O)c1cc(NCC(=O)C2CC2)ccc1F. The minimum absolute atomic E-state index is 0.138. The quantitative estimate of drug-likeness (QED) is 0.813. The molecule has 0 heterocycles. The number of carbonyl (C=O) groups excluding carboxylic acids is 2. The number of halogens is 1. The van der Waals surface area contributed by atoms with Crippen molar-refractivity contribution in [3.8, 4) is 0 Å². The van der Waals surface area contributed by atoms with Crippen molar-refractivity contribution < 1.29 is 18.7 Å². The molecule has 18 heavy (non-hydrogen) atoms. The molecule has 0 spiro atoms. The van der Waals surface area contributed by atoms with Crippen molar-refractivity contribution in [1.29, 1.82) is 0 Å². The molecule has 1 aromatic rings. The highest BCUT2D eigenvalue weighted by molar-refractivity contribution is 5.91. The van der Waals surface area contributed by atoms with Gasteiger partial charge in [0.15, 0.2) is 5.78 Å². The van der Waals surface area contributed by atoms with Gasteiger partial charge in [-0.3, -0.25) is 4.79 Å². The predicted octanol–water partition coefficient (Wildman–Crippen LogP) is 2.00. The normalized spacial score (nSPS) is 14.1. The van der Waals surface area contributed by atoms with Crippen LogP contribution in [0.2, 0.25) is 0 Å². The molecule has 1 N–H and O–H groups in total. The molecule has 5 heteroatoms. The van der Waals surface area contributed by atoms with Crippen molar-refractivity contribution in [1.82, 2.24) is 0 Å². The number of ether oxygens (including phenoxy) is 1. The monoisotopic (exact) mass is 251 g/mol. The summed E-state index contributed by atoms with van der Waals surface area (Å²) in [4.78, 5) is 22.8. The Morgan fingerprint density at radius 2 is 2.17 bits per heavy atom. The van der Waals surface area contributed by atoms with Crippen molar-refractivity contribution in [2.24, 2.45) is 5.92 Å². The summed E-state index contributed by atoms with van der Waals surface area (Å²) in [5, 5.41) is 2.89. The van der Waals surface area contributed by atoms with Crippen molar-refractivity contribution in [3.63, 3.8) is 0 Å². The molecule has 0 radical (unpaired) electrons. The Balaban J connectivity index is 2.04. The van der Waals surface area contributed by atoms with Crippen LogP contribution in [0.3, 0.4) is 0 Å². The molecule has 1 saturated carbocycles. The van der Waals surface area contributed by atoms with Crippen LogP contribution in [-0.4, -0.2) is 25.4 Å². The zero-order chi connectivity index (χ0) is 13.1. The Labute approximate surface area is 104 Å². The lowest BCUT2D eigenvalue weighted by atomic mass is 10.2. The van der Waals surface area contributed by atoms with Crippen LogP contribution in [0.15, 0.2) is 18.2 Å². The van der Waals surface area contributed by atoms with E-state index in [4.69, 9.17) is 0 Å². The Hall–Kier alpha value is -1.91. The van der Waals surface area contributed by atoms with Crippen LogP contribution in [0.5, 0.6) is 0 Å². The number of benzene rings is 1. The fourth-order valence-electron chi connectivity index (χ4n) is 1.64. The second-order valence-corrected chi connectivity index (χ2v) is 4.28. The summed E-state index contributed by atoms with van der Waals surface area (Å²) in [6.45, 7) is 0.205. The van der Waals surface area contributed by atoms with Gasteiger partial charge in [-0.15, -0.1) is 0 Å². The molecule has 1 aliphatic rings. The third-order valence-corrected chi connectivity index (χ3v) is 2.87. The van der Waals surface area contributed by atoms with E-state index in [0.717, 1.165) is 12.8 Å². The van der Waals surface area contributed by atoms with E-state index in [-0.39, 0.29) is 23.8 Å².